The van der Waals surface area contributed by atoms with Gasteiger partial charge in [-0.2, -0.15) is 0 Å². The van der Waals surface area contributed by atoms with Gasteiger partial charge >= 0.3 is 0 Å². The van der Waals surface area contributed by atoms with Gasteiger partial charge < -0.3 is 15.4 Å². The third-order valence-corrected chi connectivity index (χ3v) is 4.83. The van der Waals surface area contributed by atoms with E-state index in [1.807, 2.05) is 30.3 Å². The van der Waals surface area contributed by atoms with E-state index >= 15 is 0 Å². The molecule has 1 saturated heterocycles. The van der Waals surface area contributed by atoms with Crippen LogP contribution in [0.4, 0.5) is 8.78 Å². The number of nitrogens with two attached hydrogens (primary N) is 1. The number of halogens is 3. The molecule has 2 N–H and O–H groups in total. The molecule has 0 bridgehead atoms. The Morgan fingerprint density at radius 1 is 1.19 bits per heavy atom. The number of carbonyl (C=O) groups is 1. The molecule has 2 aromatic carbocycles. The van der Waals surface area contributed by atoms with Crippen molar-refractivity contribution in [2.45, 2.75) is 18.9 Å². The van der Waals surface area contributed by atoms with Gasteiger partial charge in [-0.1, -0.05) is 30.3 Å². The third kappa shape index (κ3) is 4.76. The smallest absolute Gasteiger partial charge is 0.263 e. The zero-order chi connectivity index (χ0) is 18.7. The van der Waals surface area contributed by atoms with E-state index in [4.69, 9.17) is 10.5 Å². The zero-order valence-electron chi connectivity index (χ0n) is 15.0. The maximum Gasteiger partial charge on any atom is 0.263 e. The number of carbonyl (C=O) groups excluding carboxylic acids is 1. The van der Waals surface area contributed by atoms with Gasteiger partial charge in [0, 0.05) is 25.1 Å². The average molecular weight is 397 g/mol. The summed E-state index contributed by atoms with van der Waals surface area (Å²) in [5.74, 6) is -1.66. The second-order valence-electron chi connectivity index (χ2n) is 6.59. The molecule has 1 amide bonds. The molecule has 7 heteroatoms. The van der Waals surface area contributed by atoms with Crippen LogP contribution < -0.4 is 10.5 Å². The van der Waals surface area contributed by atoms with E-state index in [-0.39, 0.29) is 35.9 Å². The molecule has 0 aliphatic carbocycles. The molecule has 2 aromatic rings. The van der Waals surface area contributed by atoms with Crippen molar-refractivity contribution < 1.29 is 18.3 Å². The highest BCUT2D eigenvalue weighted by atomic mass is 35.5. The summed E-state index contributed by atoms with van der Waals surface area (Å²) in [4.78, 5) is 14.5. The number of benzene rings is 2. The highest BCUT2D eigenvalue weighted by Gasteiger charge is 2.37. The maximum absolute atomic E-state index is 13.3. The van der Waals surface area contributed by atoms with E-state index in [2.05, 4.69) is 0 Å². The summed E-state index contributed by atoms with van der Waals surface area (Å²) < 4.78 is 31.8. The van der Waals surface area contributed by atoms with Crippen molar-refractivity contribution in [2.75, 3.05) is 19.6 Å². The molecule has 1 fully saturated rings. The maximum atomic E-state index is 13.3. The van der Waals surface area contributed by atoms with Crippen LogP contribution in [-0.2, 0) is 4.79 Å². The fourth-order valence-corrected chi connectivity index (χ4v) is 3.43. The molecule has 1 unspecified atom stereocenters. The lowest BCUT2D eigenvalue weighted by molar-refractivity contribution is -0.137. The summed E-state index contributed by atoms with van der Waals surface area (Å²) in [5, 5.41) is 0. The molecular formula is C20H23ClF2N2O2. The molecule has 1 aliphatic heterocycles. The van der Waals surface area contributed by atoms with Crippen LogP contribution in [0.1, 0.15) is 18.4 Å². The van der Waals surface area contributed by atoms with Crippen molar-refractivity contribution in [2.24, 2.45) is 11.7 Å². The lowest BCUT2D eigenvalue weighted by Crippen LogP contribution is -2.39. The predicted molar refractivity (Wildman–Crippen MR) is 102 cm³/mol. The van der Waals surface area contributed by atoms with Gasteiger partial charge in [0.25, 0.3) is 5.91 Å². The van der Waals surface area contributed by atoms with Gasteiger partial charge in [0.05, 0.1) is 0 Å². The summed E-state index contributed by atoms with van der Waals surface area (Å²) in [5.41, 5.74) is 7.07. The molecule has 27 heavy (non-hydrogen) atoms. The Labute approximate surface area is 163 Å². The number of ether oxygens (including phenoxy) is 1. The molecule has 0 radical (unpaired) electrons. The molecule has 0 saturated carbocycles. The minimum atomic E-state index is -1.00. The molecular weight excluding hydrogens is 374 g/mol. The largest absolute Gasteiger partial charge is 0.481 e. The quantitative estimate of drug-likeness (QED) is 0.843. The van der Waals surface area contributed by atoms with Crippen LogP contribution >= 0.6 is 12.4 Å². The first kappa shape index (κ1) is 21.1. The van der Waals surface area contributed by atoms with Crippen LogP contribution in [0.15, 0.2) is 48.5 Å². The monoisotopic (exact) mass is 396 g/mol. The number of likely N-dealkylation sites (tertiary alicyclic amines) is 1. The van der Waals surface area contributed by atoms with Gasteiger partial charge in [-0.15, -0.1) is 12.4 Å². The van der Waals surface area contributed by atoms with Gasteiger partial charge in [-0.3, -0.25) is 4.79 Å². The molecule has 1 aliphatic rings. The van der Waals surface area contributed by atoms with E-state index in [0.717, 1.165) is 17.7 Å². The fourth-order valence-electron chi connectivity index (χ4n) is 3.43. The highest BCUT2D eigenvalue weighted by molar-refractivity contribution is 5.85. The normalized spacial score (nSPS) is 20.1. The molecule has 0 aromatic heterocycles. The van der Waals surface area contributed by atoms with Gasteiger partial charge in [-0.25, -0.2) is 8.78 Å². The van der Waals surface area contributed by atoms with Crippen LogP contribution in [-0.4, -0.2) is 36.5 Å². The molecule has 4 nitrogen and oxygen atoms in total. The number of hydrogen-bond acceptors (Lipinski definition) is 3. The summed E-state index contributed by atoms with van der Waals surface area (Å²) in [7, 11) is 0. The molecule has 3 atom stereocenters. The average Bonchev–Trinajstić information content (AvgIpc) is 3.09. The number of amides is 1. The molecule has 146 valence electrons. The van der Waals surface area contributed by atoms with Crippen LogP contribution in [0.5, 0.6) is 5.75 Å². The number of hydrogen-bond donors (Lipinski definition) is 1. The fraction of sp³-hybridized carbons (Fsp3) is 0.350. The minimum absolute atomic E-state index is 0. The summed E-state index contributed by atoms with van der Waals surface area (Å²) in [6.45, 7) is 3.22. The summed E-state index contributed by atoms with van der Waals surface area (Å²) in [6, 6.07) is 13.2. The number of nitrogens with zero attached hydrogens (tertiary/aromatic N) is 1. The van der Waals surface area contributed by atoms with E-state index in [1.165, 1.54) is 6.07 Å². The third-order valence-electron chi connectivity index (χ3n) is 4.83. The van der Waals surface area contributed by atoms with Crippen molar-refractivity contribution >= 4 is 18.3 Å². The van der Waals surface area contributed by atoms with E-state index in [1.54, 1.807) is 11.8 Å². The Balaban J connectivity index is 0.00000261. The lowest BCUT2D eigenvalue weighted by atomic mass is 9.89. The highest BCUT2D eigenvalue weighted by Crippen LogP contribution is 2.32. The Hall–Kier alpha value is -2.18. The van der Waals surface area contributed by atoms with Crippen molar-refractivity contribution in [3.8, 4) is 5.75 Å². The molecule has 3 rings (SSSR count). The zero-order valence-corrected chi connectivity index (χ0v) is 15.8. The number of rotatable bonds is 5. The van der Waals surface area contributed by atoms with Crippen LogP contribution in [0.3, 0.4) is 0 Å². The second kappa shape index (κ2) is 9.15. The standard InChI is InChI=1S/C20H22F2N2O2.ClH/c1-13(26-16-7-8-18(21)19(22)9-16)20(25)24-11-15(10-23)17(12-24)14-5-3-2-4-6-14;/h2-9,13,15,17H,10-12,23H2,1H3;1H/t13?,15-,17+;/m1./s1. The van der Waals surface area contributed by atoms with Gasteiger partial charge in [0.15, 0.2) is 17.7 Å². The minimum Gasteiger partial charge on any atom is -0.481 e. The van der Waals surface area contributed by atoms with Gasteiger partial charge in [-0.05, 0) is 37.1 Å². The first-order chi connectivity index (χ1) is 12.5. The predicted octanol–water partition coefficient (Wildman–Crippen LogP) is 3.35. The summed E-state index contributed by atoms with van der Waals surface area (Å²) in [6.07, 6.45) is -0.798. The van der Waals surface area contributed by atoms with Gasteiger partial charge in [0.1, 0.15) is 5.75 Å². The lowest BCUT2D eigenvalue weighted by Gasteiger charge is -2.22. The van der Waals surface area contributed by atoms with Crippen LogP contribution in [0.2, 0.25) is 0 Å². The van der Waals surface area contributed by atoms with Crippen molar-refractivity contribution in [3.63, 3.8) is 0 Å². The Morgan fingerprint density at radius 3 is 2.52 bits per heavy atom. The van der Waals surface area contributed by atoms with E-state index < -0.39 is 17.7 Å². The molecule has 1 heterocycles. The Morgan fingerprint density at radius 2 is 1.89 bits per heavy atom. The van der Waals surface area contributed by atoms with Crippen molar-refractivity contribution in [3.05, 3.63) is 65.7 Å². The van der Waals surface area contributed by atoms with Crippen molar-refractivity contribution in [1.29, 1.82) is 0 Å². The van der Waals surface area contributed by atoms with Crippen LogP contribution in [0, 0.1) is 17.6 Å². The first-order valence-corrected chi connectivity index (χ1v) is 8.65. The van der Waals surface area contributed by atoms with E-state index in [9.17, 15) is 13.6 Å². The SMILES string of the molecule is CC(Oc1ccc(F)c(F)c1)C(=O)N1C[C@@H](CN)[C@H](c2ccccc2)C1.Cl. The Kier molecular flexibility index (Phi) is 7.16. The van der Waals surface area contributed by atoms with Crippen LogP contribution in [0.25, 0.3) is 0 Å². The Bertz CT molecular complexity index is 776. The second-order valence-corrected chi connectivity index (χ2v) is 6.59. The van der Waals surface area contributed by atoms with Gasteiger partial charge in [0.2, 0.25) is 0 Å². The van der Waals surface area contributed by atoms with E-state index in [0.29, 0.717) is 19.6 Å². The summed E-state index contributed by atoms with van der Waals surface area (Å²) >= 11 is 0. The molecule has 0 spiro atoms. The topological polar surface area (TPSA) is 55.6 Å². The van der Waals surface area contributed by atoms with Crippen molar-refractivity contribution in [1.82, 2.24) is 4.90 Å². The first-order valence-electron chi connectivity index (χ1n) is 8.65.